The SMILES string of the molecule is CCNCC(=O)NC1CNC(=O)C1. The lowest BCUT2D eigenvalue weighted by Crippen LogP contribution is -2.41. The summed E-state index contributed by atoms with van der Waals surface area (Å²) in [5.41, 5.74) is 0. The van der Waals surface area contributed by atoms with Crippen molar-refractivity contribution in [3.05, 3.63) is 0 Å². The number of carbonyl (C=O) groups excluding carboxylic acids is 2. The molecule has 2 amide bonds. The van der Waals surface area contributed by atoms with Gasteiger partial charge >= 0.3 is 0 Å². The molecule has 0 aromatic rings. The summed E-state index contributed by atoms with van der Waals surface area (Å²) in [6.45, 7) is 3.58. The molecule has 0 spiro atoms. The summed E-state index contributed by atoms with van der Waals surface area (Å²) in [6, 6.07) is -0.0290. The topological polar surface area (TPSA) is 70.2 Å². The van der Waals surface area contributed by atoms with Gasteiger partial charge in [-0.15, -0.1) is 0 Å². The number of nitrogens with one attached hydrogen (secondary N) is 3. The maximum absolute atomic E-state index is 11.2. The van der Waals surface area contributed by atoms with Crippen LogP contribution in [-0.4, -0.2) is 37.5 Å². The standard InChI is InChI=1S/C8H15N3O2/c1-2-9-5-8(13)11-6-3-7(12)10-4-6/h6,9H,2-5H2,1H3,(H,10,12)(H,11,13). The molecule has 1 saturated heterocycles. The Balaban J connectivity index is 2.17. The van der Waals surface area contributed by atoms with Gasteiger partial charge in [0.25, 0.3) is 0 Å². The first kappa shape index (κ1) is 9.98. The molecule has 74 valence electrons. The van der Waals surface area contributed by atoms with E-state index in [2.05, 4.69) is 16.0 Å². The molecule has 3 N–H and O–H groups in total. The van der Waals surface area contributed by atoms with E-state index in [1.807, 2.05) is 6.92 Å². The molecular weight excluding hydrogens is 170 g/mol. The van der Waals surface area contributed by atoms with Crippen molar-refractivity contribution in [1.29, 1.82) is 0 Å². The molecule has 5 nitrogen and oxygen atoms in total. The summed E-state index contributed by atoms with van der Waals surface area (Å²) in [4.78, 5) is 21.9. The third-order valence-electron chi connectivity index (χ3n) is 1.88. The normalized spacial score (nSPS) is 21.3. The van der Waals surface area contributed by atoms with Crippen LogP contribution in [0.5, 0.6) is 0 Å². The van der Waals surface area contributed by atoms with Crippen LogP contribution in [-0.2, 0) is 9.59 Å². The maximum Gasteiger partial charge on any atom is 0.234 e. The molecule has 1 aliphatic heterocycles. The second kappa shape index (κ2) is 4.81. The van der Waals surface area contributed by atoms with Crippen molar-refractivity contribution in [2.45, 2.75) is 19.4 Å². The molecule has 1 rings (SSSR count). The second-order valence-electron chi connectivity index (χ2n) is 3.05. The molecule has 1 fully saturated rings. The Kier molecular flexibility index (Phi) is 3.70. The number of hydrogen-bond acceptors (Lipinski definition) is 3. The van der Waals surface area contributed by atoms with Gasteiger partial charge in [0.15, 0.2) is 0 Å². The lowest BCUT2D eigenvalue weighted by atomic mass is 10.2. The largest absolute Gasteiger partial charge is 0.354 e. The van der Waals surface area contributed by atoms with Crippen LogP contribution in [0, 0.1) is 0 Å². The lowest BCUT2D eigenvalue weighted by molar-refractivity contribution is -0.121. The molecule has 1 atom stereocenters. The van der Waals surface area contributed by atoms with Gasteiger partial charge in [-0.25, -0.2) is 0 Å². The third-order valence-corrected chi connectivity index (χ3v) is 1.88. The molecule has 5 heteroatoms. The van der Waals surface area contributed by atoms with Crippen LogP contribution >= 0.6 is 0 Å². The second-order valence-corrected chi connectivity index (χ2v) is 3.05. The summed E-state index contributed by atoms with van der Waals surface area (Å²) in [6.07, 6.45) is 0.401. The highest BCUT2D eigenvalue weighted by Crippen LogP contribution is 1.97. The minimum Gasteiger partial charge on any atom is -0.354 e. The van der Waals surface area contributed by atoms with Crippen LogP contribution in [0.15, 0.2) is 0 Å². The minimum atomic E-state index is -0.0525. The summed E-state index contributed by atoms with van der Waals surface area (Å²) in [7, 11) is 0. The van der Waals surface area contributed by atoms with Crippen molar-refractivity contribution in [2.24, 2.45) is 0 Å². The molecule has 0 bridgehead atoms. The predicted octanol–water partition coefficient (Wildman–Crippen LogP) is -1.40. The van der Waals surface area contributed by atoms with Gasteiger partial charge in [-0.3, -0.25) is 9.59 Å². The van der Waals surface area contributed by atoms with Crippen LogP contribution < -0.4 is 16.0 Å². The van der Waals surface area contributed by atoms with Gasteiger partial charge < -0.3 is 16.0 Å². The highest BCUT2D eigenvalue weighted by atomic mass is 16.2. The van der Waals surface area contributed by atoms with Crippen molar-refractivity contribution in [3.63, 3.8) is 0 Å². The van der Waals surface area contributed by atoms with Gasteiger partial charge in [0, 0.05) is 13.0 Å². The van der Waals surface area contributed by atoms with Gasteiger partial charge in [-0.2, -0.15) is 0 Å². The van der Waals surface area contributed by atoms with Crippen LogP contribution in [0.2, 0.25) is 0 Å². The van der Waals surface area contributed by atoms with E-state index in [4.69, 9.17) is 0 Å². The molecule has 0 saturated carbocycles. The monoisotopic (exact) mass is 185 g/mol. The Morgan fingerprint density at radius 1 is 1.69 bits per heavy atom. The van der Waals surface area contributed by atoms with E-state index < -0.39 is 0 Å². The summed E-state index contributed by atoms with van der Waals surface area (Å²) in [5.74, 6) is -0.0444. The molecule has 13 heavy (non-hydrogen) atoms. The van der Waals surface area contributed by atoms with Crippen molar-refractivity contribution < 1.29 is 9.59 Å². The molecular formula is C8H15N3O2. The van der Waals surface area contributed by atoms with Crippen molar-refractivity contribution >= 4 is 11.8 Å². The molecule has 0 aromatic carbocycles. The molecule has 1 aliphatic rings. The zero-order valence-electron chi connectivity index (χ0n) is 7.72. The minimum absolute atomic E-state index is 0.00810. The Morgan fingerprint density at radius 3 is 3.00 bits per heavy atom. The molecule has 0 radical (unpaired) electrons. The quantitative estimate of drug-likeness (QED) is 0.504. The van der Waals surface area contributed by atoms with Crippen molar-refractivity contribution in [1.82, 2.24) is 16.0 Å². The first-order chi connectivity index (χ1) is 6.22. The number of carbonyl (C=O) groups is 2. The maximum atomic E-state index is 11.2. The number of amides is 2. The average molecular weight is 185 g/mol. The van der Waals surface area contributed by atoms with Crippen LogP contribution in [0.1, 0.15) is 13.3 Å². The van der Waals surface area contributed by atoms with Crippen LogP contribution in [0.3, 0.4) is 0 Å². The Hall–Kier alpha value is -1.10. The zero-order valence-corrected chi connectivity index (χ0v) is 7.72. The van der Waals surface area contributed by atoms with Crippen LogP contribution in [0.4, 0.5) is 0 Å². The van der Waals surface area contributed by atoms with Gasteiger partial charge in [0.1, 0.15) is 0 Å². The first-order valence-electron chi connectivity index (χ1n) is 4.49. The Labute approximate surface area is 77.3 Å². The fourth-order valence-electron chi connectivity index (χ4n) is 1.22. The molecule has 0 aromatic heterocycles. The number of likely N-dealkylation sites (N-methyl/N-ethyl adjacent to an activating group) is 1. The van der Waals surface area contributed by atoms with Crippen molar-refractivity contribution in [3.8, 4) is 0 Å². The van der Waals surface area contributed by atoms with E-state index in [1.165, 1.54) is 0 Å². The van der Waals surface area contributed by atoms with E-state index in [0.29, 0.717) is 19.5 Å². The molecule has 1 unspecified atom stereocenters. The number of hydrogen-bond donors (Lipinski definition) is 3. The zero-order chi connectivity index (χ0) is 9.68. The van der Waals surface area contributed by atoms with E-state index in [1.54, 1.807) is 0 Å². The Bertz CT molecular complexity index is 206. The van der Waals surface area contributed by atoms with E-state index >= 15 is 0 Å². The summed E-state index contributed by atoms with van der Waals surface area (Å²) in [5, 5.41) is 8.33. The first-order valence-corrected chi connectivity index (χ1v) is 4.49. The lowest BCUT2D eigenvalue weighted by Gasteiger charge is -2.09. The highest BCUT2D eigenvalue weighted by Gasteiger charge is 2.22. The smallest absolute Gasteiger partial charge is 0.234 e. The molecule has 0 aliphatic carbocycles. The Morgan fingerprint density at radius 2 is 2.46 bits per heavy atom. The highest BCUT2D eigenvalue weighted by molar-refractivity contribution is 5.82. The van der Waals surface area contributed by atoms with Crippen molar-refractivity contribution in [2.75, 3.05) is 19.6 Å². The number of rotatable bonds is 4. The third kappa shape index (κ3) is 3.42. The van der Waals surface area contributed by atoms with Gasteiger partial charge in [-0.1, -0.05) is 6.92 Å². The van der Waals surface area contributed by atoms with E-state index in [-0.39, 0.29) is 17.9 Å². The molecule has 1 heterocycles. The average Bonchev–Trinajstić information content (AvgIpc) is 2.48. The summed E-state index contributed by atoms with van der Waals surface area (Å²) < 4.78 is 0. The van der Waals surface area contributed by atoms with Crippen LogP contribution in [0.25, 0.3) is 0 Å². The predicted molar refractivity (Wildman–Crippen MR) is 48.1 cm³/mol. The van der Waals surface area contributed by atoms with Gasteiger partial charge in [-0.05, 0) is 6.54 Å². The fourth-order valence-corrected chi connectivity index (χ4v) is 1.22. The van der Waals surface area contributed by atoms with E-state index in [0.717, 1.165) is 6.54 Å². The van der Waals surface area contributed by atoms with Gasteiger partial charge in [0.2, 0.25) is 11.8 Å². The van der Waals surface area contributed by atoms with Gasteiger partial charge in [0.05, 0.1) is 12.6 Å². The fraction of sp³-hybridized carbons (Fsp3) is 0.750. The summed E-state index contributed by atoms with van der Waals surface area (Å²) >= 11 is 0. The van der Waals surface area contributed by atoms with E-state index in [9.17, 15) is 9.59 Å².